The van der Waals surface area contributed by atoms with Gasteiger partial charge in [0.05, 0.1) is 0 Å². The molecule has 0 spiro atoms. The van der Waals surface area contributed by atoms with Crippen molar-refractivity contribution < 1.29 is 9.26 Å². The predicted octanol–water partition coefficient (Wildman–Crippen LogP) is 3.44. The lowest BCUT2D eigenvalue weighted by Gasteiger charge is -2.15. The Labute approximate surface area is 148 Å². The summed E-state index contributed by atoms with van der Waals surface area (Å²) in [6, 6.07) is 2.40. The Bertz CT molecular complexity index is 740. The van der Waals surface area contributed by atoms with Crippen LogP contribution in [0.25, 0.3) is 11.6 Å². The summed E-state index contributed by atoms with van der Waals surface area (Å²) in [5, 5.41) is 7.57. The van der Waals surface area contributed by atoms with Gasteiger partial charge in [0.2, 0.25) is 0 Å². The lowest BCUT2D eigenvalue weighted by molar-refractivity contribution is 0.274. The number of nitrogens with zero attached hydrogens (tertiary/aromatic N) is 3. The second-order valence-electron chi connectivity index (χ2n) is 8.16. The minimum Gasteiger partial charge on any atom is -0.492 e. The molecule has 134 valence electrons. The SMILES string of the molecule is CC(C)(C)c1noc(-c2cc(OCC3CCCN3)c(C3CC3)cn2)n1. The van der Waals surface area contributed by atoms with E-state index in [4.69, 9.17) is 9.26 Å². The van der Waals surface area contributed by atoms with Gasteiger partial charge in [-0.3, -0.25) is 4.98 Å². The van der Waals surface area contributed by atoms with Crippen LogP contribution in [0.15, 0.2) is 16.8 Å². The fourth-order valence-electron chi connectivity index (χ4n) is 3.11. The first-order valence-electron chi connectivity index (χ1n) is 9.21. The van der Waals surface area contributed by atoms with Gasteiger partial charge in [0.1, 0.15) is 18.1 Å². The third kappa shape index (κ3) is 3.68. The van der Waals surface area contributed by atoms with Crippen LogP contribution < -0.4 is 10.1 Å². The summed E-state index contributed by atoms with van der Waals surface area (Å²) in [7, 11) is 0. The summed E-state index contributed by atoms with van der Waals surface area (Å²) >= 11 is 0. The van der Waals surface area contributed by atoms with Gasteiger partial charge in [-0.1, -0.05) is 25.9 Å². The molecule has 4 rings (SSSR count). The zero-order chi connectivity index (χ0) is 17.4. The number of hydrogen-bond acceptors (Lipinski definition) is 6. The van der Waals surface area contributed by atoms with E-state index in [9.17, 15) is 0 Å². The fourth-order valence-corrected chi connectivity index (χ4v) is 3.11. The zero-order valence-electron chi connectivity index (χ0n) is 15.2. The summed E-state index contributed by atoms with van der Waals surface area (Å²) in [6.07, 6.45) is 6.75. The van der Waals surface area contributed by atoms with Crippen molar-refractivity contribution in [1.82, 2.24) is 20.4 Å². The number of aromatic nitrogens is 3. The Morgan fingerprint density at radius 3 is 2.76 bits per heavy atom. The highest BCUT2D eigenvalue weighted by molar-refractivity contribution is 5.53. The molecule has 2 aromatic heterocycles. The lowest BCUT2D eigenvalue weighted by atomic mass is 9.96. The summed E-state index contributed by atoms with van der Waals surface area (Å²) in [4.78, 5) is 9.07. The van der Waals surface area contributed by atoms with Crippen molar-refractivity contribution in [1.29, 1.82) is 0 Å². The lowest BCUT2D eigenvalue weighted by Crippen LogP contribution is -2.28. The van der Waals surface area contributed by atoms with Gasteiger partial charge < -0.3 is 14.6 Å². The first-order chi connectivity index (χ1) is 12.0. The minimum absolute atomic E-state index is 0.150. The molecule has 6 heteroatoms. The van der Waals surface area contributed by atoms with Crippen LogP contribution in [0.4, 0.5) is 0 Å². The van der Waals surface area contributed by atoms with Gasteiger partial charge in [-0.25, -0.2) is 0 Å². The van der Waals surface area contributed by atoms with Crippen LogP contribution in [-0.4, -0.2) is 34.3 Å². The number of hydrogen-bond donors (Lipinski definition) is 1. The molecule has 1 atom stereocenters. The average molecular weight is 342 g/mol. The van der Waals surface area contributed by atoms with E-state index in [1.54, 1.807) is 0 Å². The van der Waals surface area contributed by atoms with E-state index >= 15 is 0 Å². The van der Waals surface area contributed by atoms with E-state index in [0.717, 1.165) is 12.3 Å². The van der Waals surface area contributed by atoms with Gasteiger partial charge in [0, 0.05) is 29.3 Å². The molecule has 1 aliphatic heterocycles. The molecule has 0 aromatic carbocycles. The molecular weight excluding hydrogens is 316 g/mol. The van der Waals surface area contributed by atoms with E-state index in [1.165, 1.54) is 31.2 Å². The molecular formula is C19H26N4O2. The van der Waals surface area contributed by atoms with Crippen LogP contribution in [0.3, 0.4) is 0 Å². The minimum atomic E-state index is -0.150. The number of rotatable bonds is 5. The summed E-state index contributed by atoms with van der Waals surface area (Å²) in [5.74, 6) is 2.64. The molecule has 1 saturated heterocycles. The van der Waals surface area contributed by atoms with E-state index in [2.05, 4.69) is 41.2 Å². The second-order valence-corrected chi connectivity index (χ2v) is 8.16. The Morgan fingerprint density at radius 1 is 1.28 bits per heavy atom. The Balaban J connectivity index is 1.58. The monoisotopic (exact) mass is 342 g/mol. The average Bonchev–Trinajstić information content (AvgIpc) is 3.09. The zero-order valence-corrected chi connectivity index (χ0v) is 15.2. The summed E-state index contributed by atoms with van der Waals surface area (Å²) < 4.78 is 11.6. The van der Waals surface area contributed by atoms with Gasteiger partial charge in [-0.15, -0.1) is 0 Å². The molecule has 1 unspecified atom stereocenters. The largest absolute Gasteiger partial charge is 0.492 e. The number of ether oxygens (including phenoxy) is 1. The van der Waals surface area contributed by atoms with Crippen LogP contribution >= 0.6 is 0 Å². The molecule has 0 amide bonds. The first-order valence-corrected chi connectivity index (χ1v) is 9.21. The quantitative estimate of drug-likeness (QED) is 0.897. The Morgan fingerprint density at radius 2 is 2.12 bits per heavy atom. The normalized spacial score (nSPS) is 20.8. The summed E-state index contributed by atoms with van der Waals surface area (Å²) in [6.45, 7) is 7.97. The Kier molecular flexibility index (Phi) is 4.23. The van der Waals surface area contributed by atoms with Crippen molar-refractivity contribution in [3.05, 3.63) is 23.7 Å². The van der Waals surface area contributed by atoms with Crippen LogP contribution in [0.2, 0.25) is 0 Å². The van der Waals surface area contributed by atoms with Gasteiger partial charge in [0.15, 0.2) is 5.82 Å². The highest BCUT2D eigenvalue weighted by atomic mass is 16.5. The fraction of sp³-hybridized carbons (Fsp3) is 0.632. The number of pyridine rings is 1. The maximum Gasteiger partial charge on any atom is 0.276 e. The molecule has 25 heavy (non-hydrogen) atoms. The van der Waals surface area contributed by atoms with Gasteiger partial charge >= 0.3 is 0 Å². The van der Waals surface area contributed by atoms with Gasteiger partial charge in [-0.05, 0) is 38.1 Å². The maximum absolute atomic E-state index is 6.17. The van der Waals surface area contributed by atoms with E-state index in [1.807, 2.05) is 12.3 Å². The molecule has 1 N–H and O–H groups in total. The second kappa shape index (κ2) is 6.41. The molecule has 2 aliphatic rings. The van der Waals surface area contributed by atoms with Gasteiger partial charge in [-0.2, -0.15) is 4.98 Å². The van der Waals surface area contributed by atoms with Crippen LogP contribution in [0, 0.1) is 0 Å². The van der Waals surface area contributed by atoms with Crippen molar-refractivity contribution >= 4 is 0 Å². The molecule has 2 aromatic rings. The third-order valence-corrected chi connectivity index (χ3v) is 4.83. The van der Waals surface area contributed by atoms with Crippen LogP contribution in [0.1, 0.15) is 63.8 Å². The highest BCUT2D eigenvalue weighted by Crippen LogP contribution is 2.44. The summed E-state index contributed by atoms with van der Waals surface area (Å²) in [5.41, 5.74) is 1.74. The molecule has 0 radical (unpaired) electrons. The van der Waals surface area contributed by atoms with Crippen molar-refractivity contribution in [3.8, 4) is 17.3 Å². The molecule has 0 bridgehead atoms. The standard InChI is InChI=1S/C19H26N4O2/c1-19(2,3)18-22-17(25-23-18)15-9-16(14(10-21-15)12-6-7-12)24-11-13-5-4-8-20-13/h9-10,12-13,20H,4-8,11H2,1-3H3. The maximum atomic E-state index is 6.17. The Hall–Kier alpha value is -1.95. The predicted molar refractivity (Wildman–Crippen MR) is 94.7 cm³/mol. The van der Waals surface area contributed by atoms with Crippen molar-refractivity contribution in [2.24, 2.45) is 0 Å². The highest BCUT2D eigenvalue weighted by Gasteiger charge is 2.29. The smallest absolute Gasteiger partial charge is 0.276 e. The van der Waals surface area contributed by atoms with Gasteiger partial charge in [0.25, 0.3) is 5.89 Å². The van der Waals surface area contributed by atoms with Crippen molar-refractivity contribution in [3.63, 3.8) is 0 Å². The topological polar surface area (TPSA) is 73.1 Å². The molecule has 6 nitrogen and oxygen atoms in total. The third-order valence-electron chi connectivity index (χ3n) is 4.83. The number of nitrogens with one attached hydrogen (secondary N) is 1. The van der Waals surface area contributed by atoms with E-state index in [0.29, 0.717) is 36.0 Å². The van der Waals surface area contributed by atoms with Crippen molar-refractivity contribution in [2.45, 2.75) is 63.8 Å². The molecule has 1 saturated carbocycles. The van der Waals surface area contributed by atoms with E-state index in [-0.39, 0.29) is 5.41 Å². The van der Waals surface area contributed by atoms with Crippen LogP contribution in [0.5, 0.6) is 5.75 Å². The van der Waals surface area contributed by atoms with Crippen molar-refractivity contribution in [2.75, 3.05) is 13.2 Å². The molecule has 1 aliphatic carbocycles. The van der Waals surface area contributed by atoms with E-state index < -0.39 is 0 Å². The van der Waals surface area contributed by atoms with Crippen LogP contribution in [-0.2, 0) is 5.41 Å². The first kappa shape index (κ1) is 16.5. The molecule has 2 fully saturated rings. The molecule has 3 heterocycles.